The van der Waals surface area contributed by atoms with E-state index in [0.717, 1.165) is 52.5 Å². The zero-order valence-corrected chi connectivity index (χ0v) is 34.8. The van der Waals surface area contributed by atoms with Crippen molar-refractivity contribution in [1.29, 1.82) is 0 Å². The van der Waals surface area contributed by atoms with Crippen LogP contribution in [0.25, 0.3) is 77.9 Å². The van der Waals surface area contributed by atoms with Gasteiger partial charge in [0.25, 0.3) is 0 Å². The molecular formula is C61H38N2O. The molecule has 9 aromatic carbocycles. The number of aromatic nitrogens is 1. The number of furan rings is 1. The Bertz CT molecular complexity index is 3670. The van der Waals surface area contributed by atoms with Gasteiger partial charge in [-0.2, -0.15) is 0 Å². The Kier molecular flexibility index (Phi) is 7.36. The molecule has 0 amide bonds. The summed E-state index contributed by atoms with van der Waals surface area (Å²) in [6.45, 7) is 0. The molecule has 2 heterocycles. The Morgan fingerprint density at radius 3 is 2.14 bits per heavy atom. The summed E-state index contributed by atoms with van der Waals surface area (Å²) in [6.07, 6.45) is 6.35. The van der Waals surface area contributed by atoms with Crippen LogP contribution in [0, 0.1) is 12.1 Å². The largest absolute Gasteiger partial charge is 0.456 e. The van der Waals surface area contributed by atoms with Gasteiger partial charge in [0.05, 0.1) is 16.4 Å². The molecule has 3 heteroatoms. The summed E-state index contributed by atoms with van der Waals surface area (Å²) in [7, 11) is 0. The van der Waals surface area contributed by atoms with Crippen molar-refractivity contribution in [2.24, 2.45) is 0 Å². The Hall–Kier alpha value is -8.32. The molecule has 11 aromatic rings. The van der Waals surface area contributed by atoms with Gasteiger partial charge >= 0.3 is 0 Å². The first-order chi connectivity index (χ1) is 31.8. The molecule has 0 bridgehead atoms. The standard InChI is InChI=1S/C61H38N2O/c1-3-15-39(16-4-1)40-27-29-42(30-28-40)62(43-32-35-56-51(37-43)48-21-9-13-25-55(48)63(56)41-17-5-2-6-18-41)44-31-33-47-49-34-36-58-59(50-22-10-14-26-57(50)64-58)60(49)61(54(47)38-44)52-23-11-7-19-45(52)46-20-8-12-24-53(46)61/h1-9,11,13-21,23,25-38H,10,22H2. The zero-order valence-electron chi connectivity index (χ0n) is 34.8. The number of fused-ring (bicyclic) bond motifs is 17. The fourth-order valence-electron chi connectivity index (χ4n) is 11.5. The topological polar surface area (TPSA) is 21.3 Å². The van der Waals surface area contributed by atoms with Gasteiger partial charge in [-0.05, 0) is 148 Å². The van der Waals surface area contributed by atoms with Crippen LogP contribution in [0.4, 0.5) is 17.1 Å². The molecule has 0 saturated carbocycles. The highest BCUT2D eigenvalue weighted by molar-refractivity contribution is 6.11. The maximum Gasteiger partial charge on any atom is 0.135 e. The SMILES string of the molecule is c1ccc2c(c#1)C1(c3ccccc3-2)c2cc(N(c3ccc(-c4ccccc4)cc3)c3ccc4c(c3)c3ccccc3n4-c3ccccc3)ccc2-c2ccc3oc4c(c3c21)CCC=C4. The average Bonchev–Trinajstić information content (AvgIpc) is 4.08. The molecule has 1 spiro atoms. The molecule has 64 heavy (non-hydrogen) atoms. The van der Waals surface area contributed by atoms with Crippen LogP contribution < -0.4 is 4.90 Å². The van der Waals surface area contributed by atoms with E-state index in [4.69, 9.17) is 4.42 Å². The number of hydrogen-bond donors (Lipinski definition) is 0. The summed E-state index contributed by atoms with van der Waals surface area (Å²) >= 11 is 0. The van der Waals surface area contributed by atoms with Crippen molar-refractivity contribution in [3.05, 3.63) is 246 Å². The molecule has 3 aliphatic carbocycles. The highest BCUT2D eigenvalue weighted by Gasteiger charge is 2.54. The summed E-state index contributed by atoms with van der Waals surface area (Å²) in [5.74, 6) is 0.977. The van der Waals surface area contributed by atoms with Crippen molar-refractivity contribution in [2.75, 3.05) is 4.90 Å². The van der Waals surface area contributed by atoms with Crippen LogP contribution in [0.5, 0.6) is 0 Å². The van der Waals surface area contributed by atoms with E-state index < -0.39 is 5.41 Å². The lowest BCUT2D eigenvalue weighted by atomic mass is 9.69. The van der Waals surface area contributed by atoms with Gasteiger partial charge < -0.3 is 13.9 Å². The molecule has 298 valence electrons. The minimum atomic E-state index is -0.640. The first-order valence-electron chi connectivity index (χ1n) is 22.2. The van der Waals surface area contributed by atoms with Crippen molar-refractivity contribution in [3.8, 4) is 39.1 Å². The van der Waals surface area contributed by atoms with Gasteiger partial charge in [-0.1, -0.05) is 133 Å². The number of benzene rings is 8. The Morgan fingerprint density at radius 2 is 1.25 bits per heavy atom. The number of anilines is 3. The summed E-state index contributed by atoms with van der Waals surface area (Å²) in [4.78, 5) is 2.45. The summed E-state index contributed by atoms with van der Waals surface area (Å²) in [5, 5.41) is 3.67. The maximum atomic E-state index is 6.69. The Morgan fingerprint density at radius 1 is 0.547 bits per heavy atom. The van der Waals surface area contributed by atoms with Gasteiger partial charge in [0.1, 0.15) is 11.3 Å². The lowest BCUT2D eigenvalue weighted by molar-refractivity contribution is 0.595. The number of hydrogen-bond acceptors (Lipinski definition) is 2. The van der Waals surface area contributed by atoms with Crippen molar-refractivity contribution < 1.29 is 4.42 Å². The van der Waals surface area contributed by atoms with Crippen LogP contribution in [0.15, 0.2) is 205 Å². The van der Waals surface area contributed by atoms with Gasteiger partial charge in [-0.15, -0.1) is 0 Å². The van der Waals surface area contributed by atoms with Crippen molar-refractivity contribution in [2.45, 2.75) is 18.3 Å². The lowest BCUT2D eigenvalue weighted by Crippen LogP contribution is -2.26. The summed E-state index contributed by atoms with van der Waals surface area (Å²) in [5.41, 5.74) is 20.7. The van der Waals surface area contributed by atoms with Crippen LogP contribution in [-0.4, -0.2) is 4.57 Å². The third-order valence-corrected chi connectivity index (χ3v) is 14.1. The normalized spacial score (nSPS) is 13.8. The first-order valence-corrected chi connectivity index (χ1v) is 22.2. The maximum absolute atomic E-state index is 6.69. The van der Waals surface area contributed by atoms with Crippen LogP contribution in [0.1, 0.15) is 40.0 Å². The second kappa shape index (κ2) is 13.3. The second-order valence-electron chi connectivity index (χ2n) is 17.3. The molecule has 0 N–H and O–H groups in total. The molecule has 1 unspecified atom stereocenters. The van der Waals surface area contributed by atoms with E-state index in [1.54, 1.807) is 0 Å². The van der Waals surface area contributed by atoms with E-state index in [-0.39, 0.29) is 0 Å². The van der Waals surface area contributed by atoms with Gasteiger partial charge in [-0.3, -0.25) is 0 Å². The van der Waals surface area contributed by atoms with E-state index >= 15 is 0 Å². The number of rotatable bonds is 5. The minimum absolute atomic E-state index is 0.640. The van der Waals surface area contributed by atoms with E-state index in [2.05, 4.69) is 222 Å². The predicted molar refractivity (Wildman–Crippen MR) is 262 cm³/mol. The second-order valence-corrected chi connectivity index (χ2v) is 17.3. The van der Waals surface area contributed by atoms with Crippen molar-refractivity contribution >= 4 is 55.9 Å². The highest BCUT2D eigenvalue weighted by Crippen LogP contribution is 2.65. The van der Waals surface area contributed by atoms with Crippen molar-refractivity contribution in [3.63, 3.8) is 0 Å². The minimum Gasteiger partial charge on any atom is -0.456 e. The monoisotopic (exact) mass is 814 g/mol. The summed E-state index contributed by atoms with van der Waals surface area (Å²) < 4.78 is 9.08. The van der Waals surface area contributed by atoms with Crippen LogP contribution >= 0.6 is 0 Å². The van der Waals surface area contributed by atoms with Gasteiger partial charge in [-0.25, -0.2) is 0 Å². The van der Waals surface area contributed by atoms with Gasteiger partial charge in [0, 0.05) is 50.0 Å². The Labute approximate surface area is 371 Å². The zero-order chi connectivity index (χ0) is 41.9. The van der Waals surface area contributed by atoms with Gasteiger partial charge in [0.2, 0.25) is 0 Å². The smallest absolute Gasteiger partial charge is 0.135 e. The first kappa shape index (κ1) is 35.3. The van der Waals surface area contributed by atoms with E-state index in [1.165, 1.54) is 82.8 Å². The van der Waals surface area contributed by atoms with Crippen LogP contribution in [0.3, 0.4) is 0 Å². The molecule has 0 fully saturated rings. The van der Waals surface area contributed by atoms with E-state index in [0.29, 0.717) is 0 Å². The third-order valence-electron chi connectivity index (χ3n) is 14.1. The molecule has 14 rings (SSSR count). The van der Waals surface area contributed by atoms with Crippen molar-refractivity contribution in [1.82, 2.24) is 4.57 Å². The van der Waals surface area contributed by atoms with E-state index in [9.17, 15) is 0 Å². The number of nitrogens with zero attached hydrogens (tertiary/aromatic N) is 2. The molecule has 0 radical (unpaired) electrons. The lowest BCUT2D eigenvalue weighted by Gasteiger charge is -2.32. The predicted octanol–water partition coefficient (Wildman–Crippen LogP) is 15.6. The fourth-order valence-corrected chi connectivity index (χ4v) is 11.5. The fraction of sp³-hybridized carbons (Fsp3) is 0.0492. The van der Waals surface area contributed by atoms with E-state index in [1.807, 2.05) is 6.07 Å². The Balaban J connectivity index is 1.04. The molecule has 0 saturated heterocycles. The molecule has 0 aliphatic heterocycles. The molecule has 3 nitrogen and oxygen atoms in total. The molecule has 2 aromatic heterocycles. The van der Waals surface area contributed by atoms with Crippen LogP contribution in [-0.2, 0) is 11.8 Å². The number of aryl methyl sites for hydroxylation is 1. The quantitative estimate of drug-likeness (QED) is 0.173. The highest BCUT2D eigenvalue weighted by atomic mass is 16.3. The molecule has 1 atom stereocenters. The number of allylic oxidation sites excluding steroid dienone is 1. The third kappa shape index (κ3) is 4.77. The average molecular weight is 815 g/mol. The van der Waals surface area contributed by atoms with Gasteiger partial charge in [0.15, 0.2) is 0 Å². The molecule has 3 aliphatic rings. The summed E-state index contributed by atoms with van der Waals surface area (Å²) in [6, 6.07) is 78.2. The number of para-hydroxylation sites is 2. The van der Waals surface area contributed by atoms with Crippen LogP contribution in [0.2, 0.25) is 0 Å². The molecular weight excluding hydrogens is 777 g/mol.